The number of sulfonamides is 1. The Balaban J connectivity index is 2.42. The van der Waals surface area contributed by atoms with Gasteiger partial charge in [0.15, 0.2) is 0 Å². The molecule has 0 saturated carbocycles. The normalized spacial score (nSPS) is 12.0. The van der Waals surface area contributed by atoms with Crippen LogP contribution in [0.25, 0.3) is 0 Å². The maximum Gasteiger partial charge on any atom is 0.211 e. The van der Waals surface area contributed by atoms with E-state index in [1.165, 1.54) is 4.90 Å². The maximum atomic E-state index is 11.5. The molecule has 0 atom stereocenters. The Morgan fingerprint density at radius 1 is 1.21 bits per heavy atom. The molecule has 1 N–H and O–H groups in total. The van der Waals surface area contributed by atoms with Crippen LogP contribution in [0.5, 0.6) is 0 Å². The van der Waals surface area contributed by atoms with Crippen molar-refractivity contribution < 1.29 is 8.42 Å². The summed E-state index contributed by atoms with van der Waals surface area (Å²) in [6, 6.07) is 8.33. The fraction of sp³-hybridized carbons (Fsp3) is 0.571. The Morgan fingerprint density at radius 3 is 2.37 bits per heavy atom. The first kappa shape index (κ1) is 16.5. The topological polar surface area (TPSA) is 46.2 Å². The van der Waals surface area contributed by atoms with Crippen LogP contribution in [-0.2, 0) is 16.4 Å². The first-order chi connectivity index (χ1) is 8.93. The van der Waals surface area contributed by atoms with Crippen LogP contribution in [0.1, 0.15) is 32.8 Å². The lowest BCUT2D eigenvalue weighted by Gasteiger charge is -2.07. The van der Waals surface area contributed by atoms with Gasteiger partial charge in [-0.1, -0.05) is 32.9 Å². The van der Waals surface area contributed by atoms with Gasteiger partial charge < -0.3 is 0 Å². The van der Waals surface area contributed by atoms with E-state index in [9.17, 15) is 8.42 Å². The molecule has 0 radical (unpaired) electrons. The van der Waals surface area contributed by atoms with Gasteiger partial charge in [0.05, 0.1) is 5.75 Å². The molecule has 0 bridgehead atoms. The van der Waals surface area contributed by atoms with Crippen molar-refractivity contribution in [2.45, 2.75) is 43.8 Å². The zero-order chi connectivity index (χ0) is 14.3. The summed E-state index contributed by atoms with van der Waals surface area (Å²) in [5.74, 6) is 0.205. The molecule has 0 unspecified atom stereocenters. The lowest BCUT2D eigenvalue weighted by Crippen LogP contribution is -2.28. The highest BCUT2D eigenvalue weighted by atomic mass is 32.2. The summed E-state index contributed by atoms with van der Waals surface area (Å²) >= 11 is 1.83. The number of rotatable bonds is 8. The van der Waals surface area contributed by atoms with E-state index < -0.39 is 10.0 Å². The third kappa shape index (κ3) is 6.99. The van der Waals surface area contributed by atoms with Crippen molar-refractivity contribution in [2.24, 2.45) is 0 Å². The molecule has 0 spiro atoms. The summed E-state index contributed by atoms with van der Waals surface area (Å²) in [4.78, 5) is 1.25. The second-order valence-electron chi connectivity index (χ2n) is 4.77. The average Bonchev–Trinajstić information content (AvgIpc) is 2.30. The molecule has 3 nitrogen and oxygen atoms in total. The smallest absolute Gasteiger partial charge is 0.211 e. The molecule has 0 aliphatic rings. The number of thioether (sulfide) groups is 1. The van der Waals surface area contributed by atoms with Crippen molar-refractivity contribution >= 4 is 21.8 Å². The highest BCUT2D eigenvalue weighted by molar-refractivity contribution is 7.99. The van der Waals surface area contributed by atoms with Crippen LogP contribution >= 0.6 is 11.8 Å². The zero-order valence-corrected chi connectivity index (χ0v) is 13.5. The number of hydrogen-bond acceptors (Lipinski definition) is 3. The summed E-state index contributed by atoms with van der Waals surface area (Å²) < 4.78 is 25.6. The van der Waals surface area contributed by atoms with Gasteiger partial charge in [-0.15, -0.1) is 11.8 Å². The Bertz CT molecular complexity index is 467. The van der Waals surface area contributed by atoms with Gasteiger partial charge in [-0.25, -0.2) is 13.1 Å². The average molecular weight is 301 g/mol. The summed E-state index contributed by atoms with van der Waals surface area (Å²) in [7, 11) is -3.08. The lowest BCUT2D eigenvalue weighted by molar-refractivity contribution is 0.580. The molecule has 0 amide bonds. The van der Waals surface area contributed by atoms with Crippen molar-refractivity contribution in [3.05, 3.63) is 29.8 Å². The molecule has 0 aliphatic heterocycles. The summed E-state index contributed by atoms with van der Waals surface area (Å²) in [6.07, 6.45) is 1.38. The molecule has 108 valence electrons. The molecule has 5 heteroatoms. The van der Waals surface area contributed by atoms with E-state index in [0.717, 1.165) is 12.0 Å². The van der Waals surface area contributed by atoms with Gasteiger partial charge in [-0.05, 0) is 30.5 Å². The standard InChI is InChI=1S/C14H23NO2S2/c1-4-11-19(16,17)15-10-9-13-5-7-14(8-6-13)18-12(2)3/h5-8,12,15H,4,9-11H2,1-3H3. The number of benzene rings is 1. The summed E-state index contributed by atoms with van der Waals surface area (Å²) in [5.41, 5.74) is 1.16. The molecular weight excluding hydrogens is 278 g/mol. The van der Waals surface area contributed by atoms with Gasteiger partial charge in [0.25, 0.3) is 0 Å². The van der Waals surface area contributed by atoms with Crippen LogP contribution in [0, 0.1) is 0 Å². The van der Waals surface area contributed by atoms with Crippen LogP contribution in [0.3, 0.4) is 0 Å². The molecule has 0 aromatic heterocycles. The molecule has 0 saturated heterocycles. The molecule has 0 fully saturated rings. The predicted octanol–water partition coefficient (Wildman–Crippen LogP) is 3.06. The fourth-order valence-electron chi connectivity index (χ4n) is 1.70. The van der Waals surface area contributed by atoms with Crippen LogP contribution in [0.4, 0.5) is 0 Å². The molecule has 1 aromatic rings. The minimum atomic E-state index is -3.08. The monoisotopic (exact) mass is 301 g/mol. The van der Waals surface area contributed by atoms with E-state index >= 15 is 0 Å². The molecule has 1 rings (SSSR count). The molecular formula is C14H23NO2S2. The van der Waals surface area contributed by atoms with E-state index in [2.05, 4.69) is 42.8 Å². The van der Waals surface area contributed by atoms with Gasteiger partial charge in [-0.3, -0.25) is 0 Å². The zero-order valence-electron chi connectivity index (χ0n) is 11.8. The largest absolute Gasteiger partial charge is 0.215 e. The second kappa shape index (κ2) is 7.92. The Labute approximate surface area is 121 Å². The van der Waals surface area contributed by atoms with E-state index in [1.807, 2.05) is 18.7 Å². The van der Waals surface area contributed by atoms with Crippen LogP contribution in [0.15, 0.2) is 29.2 Å². The maximum absolute atomic E-state index is 11.5. The fourth-order valence-corrected chi connectivity index (χ4v) is 3.63. The van der Waals surface area contributed by atoms with Crippen LogP contribution in [0.2, 0.25) is 0 Å². The van der Waals surface area contributed by atoms with Crippen molar-refractivity contribution in [1.82, 2.24) is 4.72 Å². The first-order valence-corrected chi connectivity index (χ1v) is 9.19. The minimum absolute atomic E-state index is 0.205. The Hall–Kier alpha value is -0.520. The summed E-state index contributed by atoms with van der Waals surface area (Å²) in [6.45, 7) is 6.67. The van der Waals surface area contributed by atoms with Crippen molar-refractivity contribution in [2.75, 3.05) is 12.3 Å². The van der Waals surface area contributed by atoms with Crippen molar-refractivity contribution in [3.63, 3.8) is 0 Å². The molecule has 19 heavy (non-hydrogen) atoms. The first-order valence-electron chi connectivity index (χ1n) is 6.66. The molecule has 0 aliphatic carbocycles. The van der Waals surface area contributed by atoms with E-state index in [1.54, 1.807) is 0 Å². The van der Waals surface area contributed by atoms with Crippen molar-refractivity contribution in [3.8, 4) is 0 Å². The van der Waals surface area contributed by atoms with Crippen molar-refractivity contribution in [1.29, 1.82) is 0 Å². The van der Waals surface area contributed by atoms with Gasteiger partial charge in [0.1, 0.15) is 0 Å². The number of hydrogen-bond donors (Lipinski definition) is 1. The quantitative estimate of drug-likeness (QED) is 0.751. The Morgan fingerprint density at radius 2 is 1.84 bits per heavy atom. The minimum Gasteiger partial charge on any atom is -0.215 e. The van der Waals surface area contributed by atoms with Gasteiger partial charge in [0.2, 0.25) is 10.0 Å². The Kier molecular flexibility index (Phi) is 6.89. The SMILES string of the molecule is CCCS(=O)(=O)NCCc1ccc(SC(C)C)cc1. The van der Waals surface area contributed by atoms with Gasteiger partial charge in [-0.2, -0.15) is 0 Å². The lowest BCUT2D eigenvalue weighted by atomic mass is 10.2. The van der Waals surface area contributed by atoms with Gasteiger partial charge in [0, 0.05) is 16.7 Å². The number of nitrogens with one attached hydrogen (secondary N) is 1. The third-order valence-electron chi connectivity index (χ3n) is 2.50. The van der Waals surface area contributed by atoms with Crippen LogP contribution < -0.4 is 4.72 Å². The van der Waals surface area contributed by atoms with E-state index in [0.29, 0.717) is 18.2 Å². The predicted molar refractivity (Wildman–Crippen MR) is 83.2 cm³/mol. The molecule has 0 heterocycles. The van der Waals surface area contributed by atoms with E-state index in [4.69, 9.17) is 0 Å². The van der Waals surface area contributed by atoms with Gasteiger partial charge >= 0.3 is 0 Å². The second-order valence-corrected chi connectivity index (χ2v) is 8.35. The highest BCUT2D eigenvalue weighted by Gasteiger charge is 2.07. The summed E-state index contributed by atoms with van der Waals surface area (Å²) in [5, 5.41) is 0.576. The van der Waals surface area contributed by atoms with Crippen LogP contribution in [-0.4, -0.2) is 26.0 Å². The highest BCUT2D eigenvalue weighted by Crippen LogP contribution is 2.22. The van der Waals surface area contributed by atoms with E-state index in [-0.39, 0.29) is 5.75 Å². The third-order valence-corrected chi connectivity index (χ3v) is 5.11. The molecule has 1 aromatic carbocycles.